The van der Waals surface area contributed by atoms with Crippen LogP contribution < -0.4 is 5.73 Å². The van der Waals surface area contributed by atoms with Crippen molar-refractivity contribution in [1.82, 2.24) is 4.90 Å². The number of nitrogens with two attached hydrogens (primary N) is 1. The number of benzene rings is 2. The highest BCUT2D eigenvalue weighted by molar-refractivity contribution is 5.24. The molecule has 0 radical (unpaired) electrons. The molecule has 2 aromatic carbocycles. The molecule has 1 heterocycles. The maximum absolute atomic E-state index is 14.1. The largest absolute Gasteiger partial charge is 0.330 e. The number of likely N-dealkylation sites (tertiary alicyclic amines) is 1. The predicted octanol–water partition coefficient (Wildman–Crippen LogP) is 4.23. The number of aryl methyl sites for hydroxylation is 1. The Morgan fingerprint density at radius 3 is 2.40 bits per heavy atom. The molecule has 0 spiro atoms. The quantitative estimate of drug-likeness (QED) is 0.879. The van der Waals surface area contributed by atoms with Crippen molar-refractivity contribution in [3.63, 3.8) is 0 Å². The molecule has 1 aliphatic heterocycles. The maximum atomic E-state index is 14.1. The molecule has 4 heteroatoms. The minimum absolute atomic E-state index is 0.114. The minimum atomic E-state index is -0.397. The molecule has 0 amide bonds. The normalized spacial score (nSPS) is 17.6. The SMILES string of the molecule is Cc1ccc(CN2CCC(C(CN)c3cc(F)ccc3F)CC2)cc1. The van der Waals surface area contributed by atoms with Gasteiger partial charge in [-0.2, -0.15) is 0 Å². The summed E-state index contributed by atoms with van der Waals surface area (Å²) in [5, 5.41) is 0. The fourth-order valence-corrected chi connectivity index (χ4v) is 3.84. The lowest BCUT2D eigenvalue weighted by molar-refractivity contribution is 0.162. The van der Waals surface area contributed by atoms with Crippen molar-refractivity contribution >= 4 is 0 Å². The van der Waals surface area contributed by atoms with Gasteiger partial charge in [0.15, 0.2) is 0 Å². The number of piperidine rings is 1. The first-order valence-electron chi connectivity index (χ1n) is 8.99. The maximum Gasteiger partial charge on any atom is 0.126 e. The van der Waals surface area contributed by atoms with Crippen LogP contribution in [-0.2, 0) is 6.54 Å². The summed E-state index contributed by atoms with van der Waals surface area (Å²) >= 11 is 0. The highest BCUT2D eigenvalue weighted by Gasteiger charge is 2.28. The summed E-state index contributed by atoms with van der Waals surface area (Å²) in [6.07, 6.45) is 1.92. The minimum Gasteiger partial charge on any atom is -0.330 e. The van der Waals surface area contributed by atoms with Gasteiger partial charge >= 0.3 is 0 Å². The highest BCUT2D eigenvalue weighted by Crippen LogP contribution is 2.34. The smallest absolute Gasteiger partial charge is 0.126 e. The van der Waals surface area contributed by atoms with Crippen molar-refractivity contribution in [3.05, 3.63) is 70.8 Å². The Labute approximate surface area is 148 Å². The predicted molar refractivity (Wildman–Crippen MR) is 97.3 cm³/mol. The highest BCUT2D eigenvalue weighted by atomic mass is 19.1. The molecule has 1 fully saturated rings. The lowest BCUT2D eigenvalue weighted by atomic mass is 9.79. The standard InChI is InChI=1S/C21H26F2N2/c1-15-2-4-16(5-3-15)14-25-10-8-17(9-11-25)20(13-24)19-12-18(22)6-7-21(19)23/h2-7,12,17,20H,8-11,13-14,24H2,1H3. The fraction of sp³-hybridized carbons (Fsp3) is 0.429. The monoisotopic (exact) mass is 344 g/mol. The van der Waals surface area contributed by atoms with Crippen molar-refractivity contribution in [2.45, 2.75) is 32.2 Å². The Morgan fingerprint density at radius 2 is 1.76 bits per heavy atom. The summed E-state index contributed by atoms with van der Waals surface area (Å²) in [6.45, 7) is 5.31. The first kappa shape index (κ1) is 18.0. The molecule has 134 valence electrons. The molecule has 1 unspecified atom stereocenters. The van der Waals surface area contributed by atoms with E-state index in [0.717, 1.165) is 38.5 Å². The number of halogens is 2. The second-order valence-electron chi connectivity index (χ2n) is 7.11. The van der Waals surface area contributed by atoms with E-state index < -0.39 is 5.82 Å². The van der Waals surface area contributed by atoms with E-state index >= 15 is 0 Å². The molecule has 0 aromatic heterocycles. The van der Waals surface area contributed by atoms with Gasteiger partial charge in [-0.05, 0) is 74.6 Å². The first-order chi connectivity index (χ1) is 12.1. The van der Waals surface area contributed by atoms with Crippen LogP contribution in [0.5, 0.6) is 0 Å². The number of hydrogen-bond donors (Lipinski definition) is 1. The first-order valence-corrected chi connectivity index (χ1v) is 8.99. The molecule has 0 saturated carbocycles. The van der Waals surface area contributed by atoms with Crippen LogP contribution >= 0.6 is 0 Å². The van der Waals surface area contributed by atoms with Crippen LogP contribution in [0.1, 0.15) is 35.4 Å². The lowest BCUT2D eigenvalue weighted by Crippen LogP contribution is -2.37. The van der Waals surface area contributed by atoms with Gasteiger partial charge in [0.25, 0.3) is 0 Å². The summed E-state index contributed by atoms with van der Waals surface area (Å²) in [4.78, 5) is 2.43. The van der Waals surface area contributed by atoms with E-state index in [4.69, 9.17) is 5.73 Å². The van der Waals surface area contributed by atoms with Crippen molar-refractivity contribution in [2.24, 2.45) is 11.7 Å². The Balaban J connectivity index is 1.62. The van der Waals surface area contributed by atoms with Crippen LogP contribution in [0.25, 0.3) is 0 Å². The van der Waals surface area contributed by atoms with Crippen molar-refractivity contribution in [1.29, 1.82) is 0 Å². The zero-order chi connectivity index (χ0) is 17.8. The molecule has 1 atom stereocenters. The molecule has 1 saturated heterocycles. The second-order valence-corrected chi connectivity index (χ2v) is 7.11. The van der Waals surface area contributed by atoms with Gasteiger partial charge in [0, 0.05) is 12.5 Å². The molecule has 2 N–H and O–H groups in total. The van der Waals surface area contributed by atoms with Gasteiger partial charge in [-0.1, -0.05) is 29.8 Å². The molecular formula is C21H26F2N2. The number of nitrogens with zero attached hydrogens (tertiary/aromatic N) is 1. The number of rotatable bonds is 5. The van der Waals surface area contributed by atoms with Crippen LogP contribution in [0.2, 0.25) is 0 Å². The van der Waals surface area contributed by atoms with Crippen LogP contribution in [0.3, 0.4) is 0 Å². The Kier molecular flexibility index (Phi) is 5.82. The number of hydrogen-bond acceptors (Lipinski definition) is 2. The Morgan fingerprint density at radius 1 is 1.08 bits per heavy atom. The third-order valence-electron chi connectivity index (χ3n) is 5.34. The summed E-state index contributed by atoms with van der Waals surface area (Å²) < 4.78 is 27.7. The molecule has 0 bridgehead atoms. The van der Waals surface area contributed by atoms with Gasteiger partial charge in [-0.25, -0.2) is 8.78 Å². The molecule has 3 rings (SSSR count). The van der Waals surface area contributed by atoms with Gasteiger partial charge in [0.2, 0.25) is 0 Å². The van der Waals surface area contributed by atoms with Crippen LogP contribution in [0.4, 0.5) is 8.78 Å². The van der Waals surface area contributed by atoms with Gasteiger partial charge in [-0.15, -0.1) is 0 Å². The summed E-state index contributed by atoms with van der Waals surface area (Å²) in [5.41, 5.74) is 8.94. The zero-order valence-corrected chi connectivity index (χ0v) is 14.7. The van der Waals surface area contributed by atoms with E-state index in [0.29, 0.717) is 18.0 Å². The van der Waals surface area contributed by atoms with Crippen LogP contribution in [0, 0.1) is 24.5 Å². The lowest BCUT2D eigenvalue weighted by Gasteiger charge is -2.36. The summed E-state index contributed by atoms with van der Waals surface area (Å²) in [7, 11) is 0. The Hall–Kier alpha value is -1.78. The van der Waals surface area contributed by atoms with E-state index in [9.17, 15) is 8.78 Å². The summed E-state index contributed by atoms with van der Waals surface area (Å²) in [5.74, 6) is -0.557. The zero-order valence-electron chi connectivity index (χ0n) is 14.7. The van der Waals surface area contributed by atoms with Gasteiger partial charge in [0.1, 0.15) is 11.6 Å². The van der Waals surface area contributed by atoms with E-state index in [-0.39, 0.29) is 11.7 Å². The van der Waals surface area contributed by atoms with E-state index in [2.05, 4.69) is 36.1 Å². The third kappa shape index (κ3) is 4.44. The fourth-order valence-electron chi connectivity index (χ4n) is 3.84. The average molecular weight is 344 g/mol. The van der Waals surface area contributed by atoms with E-state index in [1.165, 1.54) is 23.3 Å². The van der Waals surface area contributed by atoms with Crippen LogP contribution in [0.15, 0.2) is 42.5 Å². The van der Waals surface area contributed by atoms with Crippen LogP contribution in [-0.4, -0.2) is 24.5 Å². The molecule has 25 heavy (non-hydrogen) atoms. The van der Waals surface area contributed by atoms with Gasteiger partial charge in [-0.3, -0.25) is 4.90 Å². The topological polar surface area (TPSA) is 29.3 Å². The van der Waals surface area contributed by atoms with E-state index in [1.807, 2.05) is 0 Å². The molecule has 2 aromatic rings. The molecule has 2 nitrogen and oxygen atoms in total. The molecule has 0 aliphatic carbocycles. The van der Waals surface area contributed by atoms with Crippen molar-refractivity contribution in [3.8, 4) is 0 Å². The second kappa shape index (κ2) is 8.07. The van der Waals surface area contributed by atoms with E-state index in [1.54, 1.807) is 0 Å². The van der Waals surface area contributed by atoms with Crippen molar-refractivity contribution in [2.75, 3.05) is 19.6 Å². The molecular weight excluding hydrogens is 318 g/mol. The average Bonchev–Trinajstić information content (AvgIpc) is 2.62. The van der Waals surface area contributed by atoms with Gasteiger partial charge in [0.05, 0.1) is 0 Å². The van der Waals surface area contributed by atoms with Crippen molar-refractivity contribution < 1.29 is 8.78 Å². The third-order valence-corrected chi connectivity index (χ3v) is 5.34. The molecule has 1 aliphatic rings. The van der Waals surface area contributed by atoms with Gasteiger partial charge < -0.3 is 5.73 Å². The Bertz CT molecular complexity index is 692. The summed E-state index contributed by atoms with van der Waals surface area (Å²) in [6, 6.07) is 12.3.